The van der Waals surface area contributed by atoms with E-state index in [1.165, 1.54) is 0 Å². The number of nitrogens with one attached hydrogen (secondary N) is 1. The van der Waals surface area contributed by atoms with Crippen LogP contribution in [0.2, 0.25) is 0 Å². The average Bonchev–Trinajstić information content (AvgIpc) is 2.62. The topological polar surface area (TPSA) is 67.6 Å². The molecule has 6 heteroatoms. The van der Waals surface area contributed by atoms with Gasteiger partial charge in [-0.2, -0.15) is 0 Å². The summed E-state index contributed by atoms with van der Waals surface area (Å²) in [5.74, 6) is 0.778. The van der Waals surface area contributed by atoms with Gasteiger partial charge in [0.2, 0.25) is 5.91 Å². The molecular weight excluding hydrogens is 350 g/mol. The fourth-order valence-corrected chi connectivity index (χ4v) is 3.45. The Bertz CT molecular complexity index is 766. The van der Waals surface area contributed by atoms with Crippen molar-refractivity contribution in [3.8, 4) is 5.75 Å². The van der Waals surface area contributed by atoms with Gasteiger partial charge in [-0.25, -0.2) is 0 Å². The zero-order chi connectivity index (χ0) is 17.8. The minimum Gasteiger partial charge on any atom is -0.496 e. The first-order chi connectivity index (χ1) is 12.1. The van der Waals surface area contributed by atoms with Crippen molar-refractivity contribution in [3.05, 3.63) is 53.6 Å². The number of rotatable bonds is 5. The second-order valence-electron chi connectivity index (χ2n) is 6.40. The predicted molar refractivity (Wildman–Crippen MR) is 108 cm³/mol. The van der Waals surface area contributed by atoms with Crippen molar-refractivity contribution >= 4 is 29.7 Å². The highest BCUT2D eigenvalue weighted by Gasteiger charge is 2.21. The lowest BCUT2D eigenvalue weighted by Gasteiger charge is -2.32. The van der Waals surface area contributed by atoms with Crippen molar-refractivity contribution in [1.29, 1.82) is 0 Å². The van der Waals surface area contributed by atoms with Crippen molar-refractivity contribution in [2.75, 3.05) is 30.8 Å². The normalized spacial score (nSPS) is 14.0. The van der Waals surface area contributed by atoms with Gasteiger partial charge in [-0.15, -0.1) is 12.4 Å². The number of methoxy groups -OCH3 is 1. The number of hydrogen-bond acceptors (Lipinski definition) is 4. The summed E-state index contributed by atoms with van der Waals surface area (Å²) in [6.45, 7) is 3.17. The third kappa shape index (κ3) is 4.22. The molecule has 1 amide bonds. The maximum absolute atomic E-state index is 12.6. The lowest BCUT2D eigenvalue weighted by atomic mass is 10.00. The van der Waals surface area contributed by atoms with Crippen LogP contribution in [0.15, 0.2) is 42.5 Å². The number of ether oxygens (including phenoxy) is 1. The van der Waals surface area contributed by atoms with E-state index in [1.54, 1.807) is 7.11 Å². The van der Waals surface area contributed by atoms with Crippen LogP contribution < -0.4 is 20.7 Å². The highest BCUT2D eigenvalue weighted by Crippen LogP contribution is 2.31. The first-order valence-corrected chi connectivity index (χ1v) is 8.64. The molecule has 26 heavy (non-hydrogen) atoms. The molecule has 140 valence electrons. The van der Waals surface area contributed by atoms with Gasteiger partial charge in [0.1, 0.15) is 5.75 Å². The summed E-state index contributed by atoms with van der Waals surface area (Å²) in [7, 11) is 1.64. The molecule has 5 nitrogen and oxygen atoms in total. The standard InChI is InChI=1S/C20H25N3O2.ClH/c1-14(15-7-3-4-11-19(15)25-2)22-20(24)13-23-12-6-8-16-17(21)9-5-10-18(16)23;/h3-5,7,9-11,14H,6,8,12-13,21H2,1-2H3,(H,22,24);1H. The van der Waals surface area contributed by atoms with E-state index < -0.39 is 0 Å². The summed E-state index contributed by atoms with van der Waals surface area (Å²) in [6.07, 6.45) is 1.98. The highest BCUT2D eigenvalue weighted by atomic mass is 35.5. The molecular formula is C20H26ClN3O2. The molecule has 0 fully saturated rings. The zero-order valence-corrected chi connectivity index (χ0v) is 16.0. The molecule has 1 atom stereocenters. The summed E-state index contributed by atoms with van der Waals surface area (Å²) in [5.41, 5.74) is 10.1. The molecule has 1 aliphatic heterocycles. The predicted octanol–water partition coefficient (Wildman–Crippen LogP) is 3.33. The zero-order valence-electron chi connectivity index (χ0n) is 15.2. The number of nitrogens with two attached hydrogens (primary N) is 1. The fraction of sp³-hybridized carbons (Fsp3) is 0.350. The molecule has 0 bridgehead atoms. The van der Waals surface area contributed by atoms with Crippen LogP contribution in [0.25, 0.3) is 0 Å². The molecule has 2 aromatic rings. The summed E-state index contributed by atoms with van der Waals surface area (Å²) in [5, 5.41) is 3.07. The molecule has 0 aliphatic carbocycles. The molecule has 2 aromatic carbocycles. The Morgan fingerprint density at radius 3 is 2.81 bits per heavy atom. The van der Waals surface area contributed by atoms with Crippen molar-refractivity contribution in [3.63, 3.8) is 0 Å². The number of amides is 1. The monoisotopic (exact) mass is 375 g/mol. The van der Waals surface area contributed by atoms with E-state index in [1.807, 2.05) is 49.4 Å². The van der Waals surface area contributed by atoms with Crippen LogP contribution in [0.3, 0.4) is 0 Å². The van der Waals surface area contributed by atoms with E-state index in [0.717, 1.165) is 47.6 Å². The van der Waals surface area contributed by atoms with Crippen LogP contribution in [-0.2, 0) is 11.2 Å². The van der Waals surface area contributed by atoms with Crippen molar-refractivity contribution in [2.24, 2.45) is 0 Å². The van der Waals surface area contributed by atoms with Crippen LogP contribution in [0.4, 0.5) is 11.4 Å². The lowest BCUT2D eigenvalue weighted by Crippen LogP contribution is -2.40. The molecule has 0 radical (unpaired) electrons. The van der Waals surface area contributed by atoms with Crippen molar-refractivity contribution in [1.82, 2.24) is 5.32 Å². The third-order valence-electron chi connectivity index (χ3n) is 4.70. The molecule has 0 saturated heterocycles. The first-order valence-electron chi connectivity index (χ1n) is 8.64. The number of halogens is 1. The van der Waals surface area contributed by atoms with E-state index in [2.05, 4.69) is 10.2 Å². The highest BCUT2D eigenvalue weighted by molar-refractivity contribution is 5.85. The number of benzene rings is 2. The number of para-hydroxylation sites is 1. The minimum absolute atomic E-state index is 0. The molecule has 1 heterocycles. The lowest BCUT2D eigenvalue weighted by molar-refractivity contribution is -0.120. The Labute approximate surface area is 160 Å². The van der Waals surface area contributed by atoms with Gasteiger partial charge in [0.15, 0.2) is 0 Å². The summed E-state index contributed by atoms with van der Waals surface area (Å²) >= 11 is 0. The van der Waals surface area contributed by atoms with E-state index in [9.17, 15) is 4.79 Å². The summed E-state index contributed by atoms with van der Waals surface area (Å²) < 4.78 is 5.38. The Morgan fingerprint density at radius 2 is 2.04 bits per heavy atom. The molecule has 0 spiro atoms. The molecule has 1 aliphatic rings. The van der Waals surface area contributed by atoms with Crippen LogP contribution in [0, 0.1) is 0 Å². The SMILES string of the molecule is COc1ccccc1C(C)NC(=O)CN1CCCc2c(N)cccc21.Cl. The molecule has 1 unspecified atom stereocenters. The second-order valence-corrected chi connectivity index (χ2v) is 6.40. The summed E-state index contributed by atoms with van der Waals surface area (Å²) in [4.78, 5) is 14.7. The number of anilines is 2. The van der Waals surface area contributed by atoms with Gasteiger partial charge in [0.25, 0.3) is 0 Å². The van der Waals surface area contributed by atoms with Crippen LogP contribution in [0.5, 0.6) is 5.75 Å². The molecule has 0 aromatic heterocycles. The van der Waals surface area contributed by atoms with Crippen LogP contribution >= 0.6 is 12.4 Å². The minimum atomic E-state index is -0.117. The van der Waals surface area contributed by atoms with Gasteiger partial charge in [-0.1, -0.05) is 24.3 Å². The molecule has 3 rings (SSSR count). The second kappa shape index (κ2) is 8.81. The number of nitrogens with zero attached hydrogens (tertiary/aromatic N) is 1. The van der Waals surface area contributed by atoms with E-state index >= 15 is 0 Å². The number of carbonyl (C=O) groups excluding carboxylic acids is 1. The number of hydrogen-bond donors (Lipinski definition) is 2. The number of carbonyl (C=O) groups is 1. The Balaban J connectivity index is 0.00000243. The number of nitrogen functional groups attached to an aromatic ring is 1. The third-order valence-corrected chi connectivity index (χ3v) is 4.70. The smallest absolute Gasteiger partial charge is 0.239 e. The Hall–Kier alpha value is -2.40. The van der Waals surface area contributed by atoms with Crippen molar-refractivity contribution < 1.29 is 9.53 Å². The number of fused-ring (bicyclic) bond motifs is 1. The maximum atomic E-state index is 12.6. The van der Waals surface area contributed by atoms with Gasteiger partial charge in [-0.3, -0.25) is 4.79 Å². The Kier molecular flexibility index (Phi) is 6.75. The van der Waals surface area contributed by atoms with Gasteiger partial charge >= 0.3 is 0 Å². The Morgan fingerprint density at radius 1 is 1.27 bits per heavy atom. The quantitative estimate of drug-likeness (QED) is 0.786. The largest absolute Gasteiger partial charge is 0.496 e. The fourth-order valence-electron chi connectivity index (χ4n) is 3.45. The first kappa shape index (κ1) is 19.9. The average molecular weight is 376 g/mol. The van der Waals surface area contributed by atoms with E-state index in [4.69, 9.17) is 10.5 Å². The van der Waals surface area contributed by atoms with Gasteiger partial charge in [0, 0.05) is 23.5 Å². The van der Waals surface area contributed by atoms with Gasteiger partial charge < -0.3 is 20.7 Å². The maximum Gasteiger partial charge on any atom is 0.239 e. The van der Waals surface area contributed by atoms with Gasteiger partial charge in [0.05, 0.1) is 19.7 Å². The van der Waals surface area contributed by atoms with E-state index in [-0.39, 0.29) is 24.4 Å². The van der Waals surface area contributed by atoms with Crippen LogP contribution in [0.1, 0.15) is 30.5 Å². The van der Waals surface area contributed by atoms with Crippen molar-refractivity contribution in [2.45, 2.75) is 25.8 Å². The van der Waals surface area contributed by atoms with E-state index in [0.29, 0.717) is 6.54 Å². The van der Waals surface area contributed by atoms with Crippen LogP contribution in [-0.4, -0.2) is 26.1 Å². The molecule has 0 saturated carbocycles. The molecule has 3 N–H and O–H groups in total. The summed E-state index contributed by atoms with van der Waals surface area (Å²) in [6, 6.07) is 13.5. The van der Waals surface area contributed by atoms with Gasteiger partial charge in [-0.05, 0) is 43.5 Å².